The fourth-order valence-corrected chi connectivity index (χ4v) is 4.38. The van der Waals surface area contributed by atoms with Crippen molar-refractivity contribution >= 4 is 28.5 Å². The van der Waals surface area contributed by atoms with E-state index in [4.69, 9.17) is 11.9 Å². The monoisotopic (exact) mass is 410 g/mol. The quantitative estimate of drug-likeness (QED) is 0.482. The molecule has 142 valence electrons. The van der Waals surface area contributed by atoms with E-state index in [0.717, 1.165) is 17.7 Å². The van der Waals surface area contributed by atoms with Crippen LogP contribution in [0.15, 0.2) is 48.4 Å². The number of thioether (sulfide) groups is 1. The third-order valence-electron chi connectivity index (χ3n) is 4.78. The molecule has 1 aliphatic rings. The molecule has 6 heteroatoms. The van der Waals surface area contributed by atoms with Crippen molar-refractivity contribution in [3.05, 3.63) is 71.4 Å². The zero-order valence-electron chi connectivity index (χ0n) is 14.5. The number of halogens is 4. The number of allylic oxidation sites excluding steroid dienone is 1. The van der Waals surface area contributed by atoms with Crippen LogP contribution in [0.3, 0.4) is 0 Å². The average Bonchev–Trinajstić information content (AvgIpc) is 3.18. The Kier molecular flexibility index (Phi) is 6.22. The lowest BCUT2D eigenvalue weighted by Crippen LogP contribution is -1.96. The SMILES string of the molecule is C=C(SC(=C)C1CCCC1)c1ccc(-c2ccc(OCl)c(F)c2F)cc1F. The minimum atomic E-state index is -1.22. The van der Waals surface area contributed by atoms with Crippen LogP contribution in [0, 0.1) is 23.4 Å². The number of hydrogen-bond donors (Lipinski definition) is 0. The summed E-state index contributed by atoms with van der Waals surface area (Å²) < 4.78 is 46.9. The highest BCUT2D eigenvalue weighted by Gasteiger charge is 2.21. The molecule has 3 rings (SSSR count). The summed E-state index contributed by atoms with van der Waals surface area (Å²) in [7, 11) is 0. The van der Waals surface area contributed by atoms with Crippen LogP contribution in [0.25, 0.3) is 16.0 Å². The van der Waals surface area contributed by atoms with E-state index < -0.39 is 23.2 Å². The molecular weight excluding hydrogens is 393 g/mol. The van der Waals surface area contributed by atoms with Gasteiger partial charge in [-0.1, -0.05) is 49.9 Å². The van der Waals surface area contributed by atoms with Crippen molar-refractivity contribution in [3.63, 3.8) is 0 Å². The standard InChI is InChI=1S/C21H18ClF3OS/c1-12(14-5-3-4-6-14)27-13(2)16-8-7-15(11-18(16)23)17-9-10-19(26-22)21(25)20(17)24/h7-11,14H,1-6H2. The summed E-state index contributed by atoms with van der Waals surface area (Å²) in [5, 5.41) is 0. The smallest absolute Gasteiger partial charge is 0.203 e. The Hall–Kier alpha value is -1.85. The van der Waals surface area contributed by atoms with Crippen molar-refractivity contribution in [2.24, 2.45) is 5.92 Å². The molecule has 0 aromatic heterocycles. The third kappa shape index (κ3) is 4.19. The van der Waals surface area contributed by atoms with Crippen LogP contribution in [-0.4, -0.2) is 0 Å². The van der Waals surface area contributed by atoms with Crippen LogP contribution < -0.4 is 4.29 Å². The second-order valence-corrected chi connectivity index (χ2v) is 7.86. The summed E-state index contributed by atoms with van der Waals surface area (Å²) in [4.78, 5) is 1.54. The summed E-state index contributed by atoms with van der Waals surface area (Å²) >= 11 is 6.47. The minimum Gasteiger partial charge on any atom is -0.382 e. The van der Waals surface area contributed by atoms with Crippen LogP contribution >= 0.6 is 23.6 Å². The predicted molar refractivity (Wildman–Crippen MR) is 106 cm³/mol. The second kappa shape index (κ2) is 8.44. The molecule has 2 aromatic rings. The zero-order valence-corrected chi connectivity index (χ0v) is 16.1. The number of rotatable bonds is 6. The average molecular weight is 411 g/mol. The molecule has 1 fully saturated rings. The van der Waals surface area contributed by atoms with Gasteiger partial charge in [0.25, 0.3) is 0 Å². The van der Waals surface area contributed by atoms with Crippen LogP contribution in [0.5, 0.6) is 5.75 Å². The minimum absolute atomic E-state index is 0.0796. The van der Waals surface area contributed by atoms with Gasteiger partial charge in [-0.25, -0.2) is 8.78 Å². The topological polar surface area (TPSA) is 9.23 Å². The largest absolute Gasteiger partial charge is 0.382 e. The highest BCUT2D eigenvalue weighted by molar-refractivity contribution is 8.11. The lowest BCUT2D eigenvalue weighted by Gasteiger charge is -2.15. The molecule has 0 amide bonds. The Labute approximate surface area is 166 Å². The van der Waals surface area contributed by atoms with Gasteiger partial charge in [0.1, 0.15) is 17.7 Å². The molecule has 1 saturated carbocycles. The molecule has 0 unspecified atom stereocenters. The van der Waals surface area contributed by atoms with Crippen LogP contribution in [0.2, 0.25) is 0 Å². The zero-order chi connectivity index (χ0) is 19.6. The van der Waals surface area contributed by atoms with E-state index in [1.54, 1.807) is 0 Å². The van der Waals surface area contributed by atoms with Gasteiger partial charge in [-0.15, -0.1) is 0 Å². The van der Waals surface area contributed by atoms with Crippen molar-refractivity contribution < 1.29 is 17.5 Å². The number of benzene rings is 2. The highest BCUT2D eigenvalue weighted by Crippen LogP contribution is 2.42. The van der Waals surface area contributed by atoms with Crippen LogP contribution in [0.4, 0.5) is 13.2 Å². The van der Waals surface area contributed by atoms with E-state index >= 15 is 0 Å². The van der Waals surface area contributed by atoms with E-state index in [1.807, 2.05) is 0 Å². The molecule has 0 spiro atoms. The van der Waals surface area contributed by atoms with Gasteiger partial charge in [0.15, 0.2) is 11.6 Å². The van der Waals surface area contributed by atoms with Crippen molar-refractivity contribution in [2.75, 3.05) is 0 Å². The fraction of sp³-hybridized carbons (Fsp3) is 0.238. The van der Waals surface area contributed by atoms with Crippen molar-refractivity contribution in [3.8, 4) is 16.9 Å². The summed E-state index contributed by atoms with van der Waals surface area (Å²) in [5.74, 6) is -2.91. The first-order chi connectivity index (χ1) is 12.9. The lowest BCUT2D eigenvalue weighted by molar-refractivity contribution is 0.468. The molecule has 0 saturated heterocycles. The highest BCUT2D eigenvalue weighted by atomic mass is 35.5. The molecule has 0 bridgehead atoms. The fourth-order valence-electron chi connectivity index (χ4n) is 3.27. The Morgan fingerprint density at radius 1 is 1.04 bits per heavy atom. The van der Waals surface area contributed by atoms with Gasteiger partial charge >= 0.3 is 0 Å². The molecule has 0 N–H and O–H groups in total. The molecule has 1 aliphatic carbocycles. The van der Waals surface area contributed by atoms with Crippen LogP contribution in [-0.2, 0) is 0 Å². The first kappa shape index (κ1) is 19.9. The summed E-state index contributed by atoms with van der Waals surface area (Å²) in [6, 6.07) is 6.69. The maximum absolute atomic E-state index is 14.6. The number of hydrogen-bond acceptors (Lipinski definition) is 2. The van der Waals surface area contributed by atoms with E-state index in [9.17, 15) is 13.2 Å². The van der Waals surface area contributed by atoms with E-state index in [1.165, 1.54) is 54.9 Å². The molecule has 0 radical (unpaired) electrons. The summed E-state index contributed by atoms with van der Waals surface area (Å²) in [5.41, 5.74) is 0.453. The van der Waals surface area contributed by atoms with Gasteiger partial charge in [-0.05, 0) is 47.4 Å². The van der Waals surface area contributed by atoms with E-state index in [-0.39, 0.29) is 11.1 Å². The normalized spacial score (nSPS) is 14.4. The van der Waals surface area contributed by atoms with Gasteiger partial charge in [0, 0.05) is 16.0 Å². The van der Waals surface area contributed by atoms with Gasteiger partial charge in [-0.2, -0.15) is 4.39 Å². The molecular formula is C21H18ClF3OS. The molecule has 0 aliphatic heterocycles. The summed E-state index contributed by atoms with van der Waals surface area (Å²) in [6.07, 6.45) is 4.59. The van der Waals surface area contributed by atoms with Crippen molar-refractivity contribution in [1.29, 1.82) is 0 Å². The van der Waals surface area contributed by atoms with Gasteiger partial charge in [-0.3, -0.25) is 0 Å². The van der Waals surface area contributed by atoms with E-state index in [0.29, 0.717) is 16.4 Å². The third-order valence-corrected chi connectivity index (χ3v) is 6.00. The van der Waals surface area contributed by atoms with Crippen LogP contribution in [0.1, 0.15) is 31.2 Å². The predicted octanol–water partition coefficient (Wildman–Crippen LogP) is 7.71. The molecule has 27 heavy (non-hydrogen) atoms. The van der Waals surface area contributed by atoms with Gasteiger partial charge < -0.3 is 4.29 Å². The van der Waals surface area contributed by atoms with E-state index in [2.05, 4.69) is 17.4 Å². The maximum atomic E-state index is 14.6. The molecule has 0 atom stereocenters. The summed E-state index contributed by atoms with van der Waals surface area (Å²) in [6.45, 7) is 8.05. The Morgan fingerprint density at radius 3 is 2.37 bits per heavy atom. The molecule has 1 nitrogen and oxygen atoms in total. The van der Waals surface area contributed by atoms with Gasteiger partial charge in [0.05, 0.1) is 0 Å². The lowest BCUT2D eigenvalue weighted by atomic mass is 10.0. The first-order valence-corrected chi connectivity index (χ1v) is 9.67. The molecule has 2 aromatic carbocycles. The van der Waals surface area contributed by atoms with Crippen molar-refractivity contribution in [1.82, 2.24) is 0 Å². The second-order valence-electron chi connectivity index (χ2n) is 6.48. The first-order valence-electron chi connectivity index (χ1n) is 8.54. The Balaban J connectivity index is 1.82. The Bertz CT molecular complexity index is 891. The molecule has 0 heterocycles. The Morgan fingerprint density at radius 2 is 1.74 bits per heavy atom. The maximum Gasteiger partial charge on any atom is 0.203 e. The van der Waals surface area contributed by atoms with Crippen molar-refractivity contribution in [2.45, 2.75) is 25.7 Å². The van der Waals surface area contributed by atoms with Gasteiger partial charge in [0.2, 0.25) is 5.82 Å².